The molecule has 2 rings (SSSR count). The Morgan fingerprint density at radius 3 is 2.78 bits per heavy atom. The minimum atomic E-state index is -0.285. The number of hydrogen-bond acceptors (Lipinski definition) is 2. The molecule has 1 aromatic carbocycles. The molecule has 2 aromatic rings. The third-order valence-electron chi connectivity index (χ3n) is 2.54. The molecule has 1 N–H and O–H groups in total. The lowest BCUT2D eigenvalue weighted by molar-refractivity contribution is 1.17. The zero-order valence-corrected chi connectivity index (χ0v) is 10.7. The topological polar surface area (TPSA) is 56.6 Å². The summed E-state index contributed by atoms with van der Waals surface area (Å²) in [6.45, 7) is 0. The SMILES string of the molecule is N#CCc1cc[nH]c(=O)c1-c1cccc(Cl)c1Cl. The second-order valence-corrected chi connectivity index (χ2v) is 4.43. The largest absolute Gasteiger partial charge is 0.329 e. The van der Waals surface area contributed by atoms with Gasteiger partial charge < -0.3 is 4.98 Å². The predicted octanol–water partition coefficient (Wildman–Crippen LogP) is 3.41. The van der Waals surface area contributed by atoms with Crippen LogP contribution < -0.4 is 5.56 Å². The summed E-state index contributed by atoms with van der Waals surface area (Å²) in [4.78, 5) is 14.5. The third-order valence-corrected chi connectivity index (χ3v) is 3.36. The van der Waals surface area contributed by atoms with Crippen LogP contribution in [0.25, 0.3) is 11.1 Å². The number of H-pyrrole nitrogens is 1. The van der Waals surface area contributed by atoms with Crippen LogP contribution in [-0.2, 0) is 6.42 Å². The van der Waals surface area contributed by atoms with E-state index in [9.17, 15) is 4.79 Å². The Balaban J connectivity index is 2.75. The number of nitrogens with zero attached hydrogens (tertiary/aromatic N) is 1. The van der Waals surface area contributed by atoms with Crippen molar-refractivity contribution in [2.24, 2.45) is 0 Å². The van der Waals surface area contributed by atoms with Gasteiger partial charge in [-0.1, -0.05) is 35.3 Å². The molecule has 0 atom stereocenters. The van der Waals surface area contributed by atoms with Crippen LogP contribution >= 0.6 is 23.2 Å². The average Bonchev–Trinajstić information content (AvgIpc) is 2.34. The molecule has 5 heteroatoms. The summed E-state index contributed by atoms with van der Waals surface area (Å²) in [5.41, 5.74) is 1.28. The monoisotopic (exact) mass is 278 g/mol. The van der Waals surface area contributed by atoms with Gasteiger partial charge in [0.15, 0.2) is 0 Å². The maximum absolute atomic E-state index is 11.9. The van der Waals surface area contributed by atoms with Crippen molar-refractivity contribution >= 4 is 23.2 Å². The molecule has 90 valence electrons. The molecule has 0 saturated heterocycles. The van der Waals surface area contributed by atoms with Gasteiger partial charge in [0.2, 0.25) is 0 Å². The Bertz CT molecular complexity index is 686. The lowest BCUT2D eigenvalue weighted by atomic mass is 10.00. The highest BCUT2D eigenvalue weighted by atomic mass is 35.5. The number of rotatable bonds is 2. The van der Waals surface area contributed by atoms with E-state index in [4.69, 9.17) is 28.5 Å². The van der Waals surface area contributed by atoms with Gasteiger partial charge >= 0.3 is 0 Å². The van der Waals surface area contributed by atoms with Gasteiger partial charge in [0.05, 0.1) is 28.1 Å². The summed E-state index contributed by atoms with van der Waals surface area (Å²) < 4.78 is 0. The normalized spacial score (nSPS) is 10.1. The van der Waals surface area contributed by atoms with Crippen LogP contribution in [0.2, 0.25) is 10.0 Å². The van der Waals surface area contributed by atoms with Crippen molar-refractivity contribution in [2.75, 3.05) is 0 Å². The van der Waals surface area contributed by atoms with Gasteiger partial charge in [0, 0.05) is 11.8 Å². The van der Waals surface area contributed by atoms with Gasteiger partial charge in [-0.3, -0.25) is 4.79 Å². The van der Waals surface area contributed by atoms with Crippen molar-refractivity contribution in [2.45, 2.75) is 6.42 Å². The lowest BCUT2D eigenvalue weighted by Gasteiger charge is -2.08. The van der Waals surface area contributed by atoms with Gasteiger partial charge in [-0.05, 0) is 17.7 Å². The van der Waals surface area contributed by atoms with E-state index in [1.807, 2.05) is 6.07 Å². The number of benzene rings is 1. The molecule has 1 aromatic heterocycles. The summed E-state index contributed by atoms with van der Waals surface area (Å²) in [6, 6.07) is 8.79. The molecular weight excluding hydrogens is 271 g/mol. The highest BCUT2D eigenvalue weighted by Crippen LogP contribution is 2.33. The molecule has 0 fully saturated rings. The number of hydrogen-bond donors (Lipinski definition) is 1. The van der Waals surface area contributed by atoms with E-state index in [0.717, 1.165) is 0 Å². The second kappa shape index (κ2) is 5.26. The zero-order valence-electron chi connectivity index (χ0n) is 9.21. The van der Waals surface area contributed by atoms with Crippen molar-refractivity contribution in [3.8, 4) is 17.2 Å². The Morgan fingerprint density at radius 1 is 1.28 bits per heavy atom. The zero-order chi connectivity index (χ0) is 13.1. The number of nitriles is 1. The van der Waals surface area contributed by atoms with Crippen molar-refractivity contribution < 1.29 is 0 Å². The Kier molecular flexibility index (Phi) is 3.71. The standard InChI is InChI=1S/C13H8Cl2N2O/c14-10-3-1-2-9(12(10)15)11-8(4-6-16)5-7-17-13(11)18/h1-3,5,7H,4H2,(H,17,18). The van der Waals surface area contributed by atoms with Gasteiger partial charge in [0.1, 0.15) is 0 Å². The van der Waals surface area contributed by atoms with Gasteiger partial charge in [-0.25, -0.2) is 0 Å². The van der Waals surface area contributed by atoms with Gasteiger partial charge in [-0.15, -0.1) is 0 Å². The molecule has 0 aliphatic heterocycles. The van der Waals surface area contributed by atoms with E-state index >= 15 is 0 Å². The van der Waals surface area contributed by atoms with Gasteiger partial charge in [0.25, 0.3) is 5.56 Å². The second-order valence-electron chi connectivity index (χ2n) is 3.64. The summed E-state index contributed by atoms with van der Waals surface area (Å²) in [5, 5.41) is 9.47. The van der Waals surface area contributed by atoms with Crippen LogP contribution in [0.1, 0.15) is 5.56 Å². The first-order valence-electron chi connectivity index (χ1n) is 5.17. The molecule has 1 heterocycles. The summed E-state index contributed by atoms with van der Waals surface area (Å²) >= 11 is 12.0. The van der Waals surface area contributed by atoms with Crippen molar-refractivity contribution in [3.63, 3.8) is 0 Å². The van der Waals surface area contributed by atoms with Crippen molar-refractivity contribution in [1.29, 1.82) is 5.26 Å². The van der Waals surface area contributed by atoms with Crippen LogP contribution in [-0.4, -0.2) is 4.98 Å². The van der Waals surface area contributed by atoms with Crippen molar-refractivity contribution in [1.82, 2.24) is 4.98 Å². The Labute approximate surface area is 114 Å². The van der Waals surface area contributed by atoms with Crippen LogP contribution in [0.3, 0.4) is 0 Å². The highest BCUT2D eigenvalue weighted by molar-refractivity contribution is 6.43. The number of pyridine rings is 1. The number of aromatic amines is 1. The first-order valence-corrected chi connectivity index (χ1v) is 5.92. The molecule has 3 nitrogen and oxygen atoms in total. The summed E-state index contributed by atoms with van der Waals surface area (Å²) in [7, 11) is 0. The van der Waals surface area contributed by atoms with Crippen LogP contribution in [0.5, 0.6) is 0 Å². The van der Waals surface area contributed by atoms with E-state index < -0.39 is 0 Å². The number of nitrogens with one attached hydrogen (secondary N) is 1. The summed E-state index contributed by atoms with van der Waals surface area (Å²) in [5.74, 6) is 0. The number of halogens is 2. The fraction of sp³-hybridized carbons (Fsp3) is 0.0769. The van der Waals surface area contributed by atoms with Crippen LogP contribution in [0.15, 0.2) is 35.3 Å². The minimum absolute atomic E-state index is 0.141. The van der Waals surface area contributed by atoms with E-state index in [1.165, 1.54) is 6.20 Å². The first kappa shape index (κ1) is 12.7. The fourth-order valence-electron chi connectivity index (χ4n) is 1.74. The summed E-state index contributed by atoms with van der Waals surface area (Å²) in [6.07, 6.45) is 1.65. The molecule has 0 spiro atoms. The maximum Gasteiger partial charge on any atom is 0.256 e. The smallest absolute Gasteiger partial charge is 0.256 e. The Hall–Kier alpha value is -1.76. The lowest BCUT2D eigenvalue weighted by Crippen LogP contribution is -2.11. The molecule has 18 heavy (non-hydrogen) atoms. The number of aromatic nitrogens is 1. The van der Waals surface area contributed by atoms with Crippen LogP contribution in [0.4, 0.5) is 0 Å². The van der Waals surface area contributed by atoms with E-state index in [1.54, 1.807) is 24.3 Å². The van der Waals surface area contributed by atoms with E-state index in [-0.39, 0.29) is 12.0 Å². The molecule has 0 unspecified atom stereocenters. The average molecular weight is 279 g/mol. The fourth-order valence-corrected chi connectivity index (χ4v) is 2.14. The minimum Gasteiger partial charge on any atom is -0.329 e. The molecule has 0 bridgehead atoms. The molecule has 0 radical (unpaired) electrons. The molecule has 0 aliphatic rings. The van der Waals surface area contributed by atoms with E-state index in [0.29, 0.717) is 26.7 Å². The van der Waals surface area contributed by atoms with Crippen molar-refractivity contribution in [3.05, 3.63) is 56.4 Å². The van der Waals surface area contributed by atoms with E-state index in [2.05, 4.69) is 4.98 Å². The van der Waals surface area contributed by atoms with Crippen LogP contribution in [0, 0.1) is 11.3 Å². The first-order chi connectivity index (χ1) is 8.65. The molecule has 0 aliphatic carbocycles. The Morgan fingerprint density at radius 2 is 2.06 bits per heavy atom. The molecule has 0 amide bonds. The molecular formula is C13H8Cl2N2O. The maximum atomic E-state index is 11.9. The molecule has 0 saturated carbocycles. The third kappa shape index (κ3) is 2.26. The van der Waals surface area contributed by atoms with Gasteiger partial charge in [-0.2, -0.15) is 5.26 Å². The quantitative estimate of drug-likeness (QED) is 0.915. The predicted molar refractivity (Wildman–Crippen MR) is 71.8 cm³/mol. The highest BCUT2D eigenvalue weighted by Gasteiger charge is 2.14.